The molecule has 0 aliphatic heterocycles. The van der Waals surface area contributed by atoms with E-state index in [4.69, 9.17) is 9.47 Å². The van der Waals surface area contributed by atoms with E-state index in [1.54, 1.807) is 48.5 Å². The van der Waals surface area contributed by atoms with Crippen LogP contribution in [0.5, 0.6) is 5.75 Å². The van der Waals surface area contributed by atoms with Gasteiger partial charge in [0.25, 0.3) is 0 Å². The summed E-state index contributed by atoms with van der Waals surface area (Å²) in [6.07, 6.45) is 2.04. The molecule has 2 aromatic rings. The summed E-state index contributed by atoms with van der Waals surface area (Å²) in [6.45, 7) is 9.52. The second-order valence-corrected chi connectivity index (χ2v) is 6.97. The maximum atomic E-state index is 13.0. The van der Waals surface area contributed by atoms with Gasteiger partial charge in [0, 0.05) is 6.54 Å². The van der Waals surface area contributed by atoms with Gasteiger partial charge in [0.2, 0.25) is 5.60 Å². The highest BCUT2D eigenvalue weighted by Crippen LogP contribution is 2.32. The average molecular weight is 400 g/mol. The van der Waals surface area contributed by atoms with E-state index in [0.717, 1.165) is 25.9 Å². The molecular formula is C24H33NO4. The summed E-state index contributed by atoms with van der Waals surface area (Å²) in [5.41, 5.74) is -0.932. The van der Waals surface area contributed by atoms with Gasteiger partial charge in [-0.1, -0.05) is 69.7 Å². The smallest absolute Gasteiger partial charge is 0.347 e. The maximum Gasteiger partial charge on any atom is 0.347 e. The lowest BCUT2D eigenvalue weighted by atomic mass is 9.86. The van der Waals surface area contributed by atoms with E-state index in [9.17, 15) is 9.90 Å². The largest absolute Gasteiger partial charge is 0.494 e. The van der Waals surface area contributed by atoms with Crippen molar-refractivity contribution in [2.75, 3.05) is 32.8 Å². The predicted molar refractivity (Wildman–Crippen MR) is 115 cm³/mol. The van der Waals surface area contributed by atoms with Crippen molar-refractivity contribution >= 4 is 5.97 Å². The fourth-order valence-electron chi connectivity index (χ4n) is 3.12. The van der Waals surface area contributed by atoms with Crippen LogP contribution in [0.2, 0.25) is 0 Å². The fourth-order valence-corrected chi connectivity index (χ4v) is 3.12. The van der Waals surface area contributed by atoms with Crippen molar-refractivity contribution in [1.82, 2.24) is 4.90 Å². The molecule has 1 N–H and O–H groups in total. The average Bonchev–Trinajstić information content (AvgIpc) is 2.77. The van der Waals surface area contributed by atoms with Crippen LogP contribution in [0.15, 0.2) is 54.6 Å². The van der Waals surface area contributed by atoms with Crippen LogP contribution in [0.25, 0.3) is 0 Å². The number of carbonyl (C=O) groups is 1. The van der Waals surface area contributed by atoms with Crippen LogP contribution >= 0.6 is 0 Å². The molecule has 158 valence electrons. The van der Waals surface area contributed by atoms with Gasteiger partial charge in [-0.2, -0.15) is 0 Å². The first-order valence-electron chi connectivity index (χ1n) is 10.5. The molecule has 1 atom stereocenters. The molecule has 0 radical (unpaired) electrons. The van der Waals surface area contributed by atoms with Crippen molar-refractivity contribution in [1.29, 1.82) is 0 Å². The van der Waals surface area contributed by atoms with Gasteiger partial charge in [-0.15, -0.1) is 0 Å². The zero-order valence-electron chi connectivity index (χ0n) is 17.8. The Balaban J connectivity index is 2.21. The molecule has 0 aliphatic rings. The van der Waals surface area contributed by atoms with Crippen molar-refractivity contribution in [3.63, 3.8) is 0 Å². The van der Waals surface area contributed by atoms with Gasteiger partial charge in [-0.25, -0.2) is 4.79 Å². The molecule has 0 fully saturated rings. The Bertz CT molecular complexity index is 728. The van der Waals surface area contributed by atoms with E-state index in [0.29, 0.717) is 30.0 Å². The molecule has 2 rings (SSSR count). The summed E-state index contributed by atoms with van der Waals surface area (Å²) in [7, 11) is 0. The van der Waals surface area contributed by atoms with Gasteiger partial charge in [0.05, 0.1) is 6.61 Å². The highest BCUT2D eigenvalue weighted by molar-refractivity contribution is 5.85. The third kappa shape index (κ3) is 6.05. The van der Waals surface area contributed by atoms with Crippen molar-refractivity contribution in [2.45, 2.75) is 39.2 Å². The van der Waals surface area contributed by atoms with E-state index in [-0.39, 0.29) is 6.61 Å². The SMILES string of the molecule is CCCCOc1ccc(C(O)(C(=O)OCCN(CC)CC)c2ccccc2)cc1. The predicted octanol–water partition coefficient (Wildman–Crippen LogP) is 3.99. The minimum atomic E-state index is -1.87. The van der Waals surface area contributed by atoms with Gasteiger partial charge in [-0.3, -0.25) is 0 Å². The topological polar surface area (TPSA) is 59.0 Å². The van der Waals surface area contributed by atoms with Crippen molar-refractivity contribution in [3.05, 3.63) is 65.7 Å². The molecule has 5 nitrogen and oxygen atoms in total. The van der Waals surface area contributed by atoms with E-state index < -0.39 is 11.6 Å². The van der Waals surface area contributed by atoms with E-state index in [2.05, 4.69) is 25.7 Å². The highest BCUT2D eigenvalue weighted by atomic mass is 16.5. The summed E-state index contributed by atoms with van der Waals surface area (Å²) in [5, 5.41) is 11.5. The Morgan fingerprint density at radius 1 is 0.931 bits per heavy atom. The van der Waals surface area contributed by atoms with Crippen LogP contribution in [0.1, 0.15) is 44.7 Å². The number of likely N-dealkylation sites (N-methyl/N-ethyl adjacent to an activating group) is 1. The molecule has 0 spiro atoms. The zero-order valence-corrected chi connectivity index (χ0v) is 17.8. The zero-order chi connectivity index (χ0) is 21.1. The lowest BCUT2D eigenvalue weighted by Crippen LogP contribution is -2.40. The third-order valence-electron chi connectivity index (χ3n) is 5.06. The normalized spacial score (nSPS) is 13.1. The number of carbonyl (C=O) groups excluding carboxylic acids is 1. The molecule has 2 aromatic carbocycles. The molecule has 0 aliphatic carbocycles. The summed E-state index contributed by atoms with van der Waals surface area (Å²) in [5.74, 6) is 0.0445. The lowest BCUT2D eigenvalue weighted by Gasteiger charge is -2.28. The number of benzene rings is 2. The maximum absolute atomic E-state index is 13.0. The number of esters is 1. The number of hydrogen-bond donors (Lipinski definition) is 1. The second-order valence-electron chi connectivity index (χ2n) is 6.97. The standard InChI is InChI=1S/C24H33NO4/c1-4-7-18-28-22-15-13-21(14-16-22)24(27,20-11-9-8-10-12-20)23(26)29-19-17-25(5-2)6-3/h8-16,27H,4-7,17-19H2,1-3H3. The monoisotopic (exact) mass is 399 g/mol. The summed E-state index contributed by atoms with van der Waals surface area (Å²) < 4.78 is 11.2. The molecular weight excluding hydrogens is 366 g/mol. The minimum absolute atomic E-state index is 0.230. The van der Waals surface area contributed by atoms with Crippen molar-refractivity contribution in [3.8, 4) is 5.75 Å². The molecule has 5 heteroatoms. The van der Waals surface area contributed by atoms with Crippen LogP contribution in [-0.4, -0.2) is 48.8 Å². The van der Waals surface area contributed by atoms with Gasteiger partial charge in [0.15, 0.2) is 0 Å². The molecule has 0 aromatic heterocycles. The van der Waals surface area contributed by atoms with Crippen LogP contribution in [0.4, 0.5) is 0 Å². The van der Waals surface area contributed by atoms with E-state index in [1.165, 1.54) is 0 Å². The molecule has 0 amide bonds. The highest BCUT2D eigenvalue weighted by Gasteiger charge is 2.41. The Morgan fingerprint density at radius 3 is 2.14 bits per heavy atom. The number of nitrogens with zero attached hydrogens (tertiary/aromatic N) is 1. The Kier molecular flexibility index (Phi) is 9.16. The number of rotatable bonds is 12. The minimum Gasteiger partial charge on any atom is -0.494 e. The molecule has 0 saturated heterocycles. The molecule has 0 saturated carbocycles. The molecule has 0 bridgehead atoms. The Hall–Kier alpha value is -2.37. The first kappa shape index (κ1) is 22.9. The first-order chi connectivity index (χ1) is 14.1. The number of hydrogen-bond acceptors (Lipinski definition) is 5. The number of ether oxygens (including phenoxy) is 2. The van der Waals surface area contributed by atoms with Gasteiger partial charge < -0.3 is 19.5 Å². The van der Waals surface area contributed by atoms with E-state index in [1.807, 2.05) is 6.07 Å². The van der Waals surface area contributed by atoms with Crippen molar-refractivity contribution < 1.29 is 19.4 Å². The quantitative estimate of drug-likeness (QED) is 0.432. The van der Waals surface area contributed by atoms with Crippen molar-refractivity contribution in [2.24, 2.45) is 0 Å². The summed E-state index contributed by atoms with van der Waals surface area (Å²) >= 11 is 0. The molecule has 29 heavy (non-hydrogen) atoms. The molecule has 0 heterocycles. The van der Waals surface area contributed by atoms with Crippen LogP contribution in [0.3, 0.4) is 0 Å². The Labute approximate surface area is 174 Å². The second kappa shape index (κ2) is 11.6. The van der Waals surface area contributed by atoms with Gasteiger partial charge in [0.1, 0.15) is 12.4 Å². The fraction of sp³-hybridized carbons (Fsp3) is 0.458. The third-order valence-corrected chi connectivity index (χ3v) is 5.06. The van der Waals surface area contributed by atoms with Crippen LogP contribution in [-0.2, 0) is 15.1 Å². The van der Waals surface area contributed by atoms with Crippen LogP contribution < -0.4 is 4.74 Å². The van der Waals surface area contributed by atoms with Crippen LogP contribution in [0, 0.1) is 0 Å². The summed E-state index contributed by atoms with van der Waals surface area (Å²) in [4.78, 5) is 15.2. The molecule has 1 unspecified atom stereocenters. The number of aliphatic hydroxyl groups is 1. The number of unbranched alkanes of at least 4 members (excludes halogenated alkanes) is 1. The summed E-state index contributed by atoms with van der Waals surface area (Å²) in [6, 6.07) is 15.9. The Morgan fingerprint density at radius 2 is 1.55 bits per heavy atom. The first-order valence-corrected chi connectivity index (χ1v) is 10.5. The van der Waals surface area contributed by atoms with Gasteiger partial charge >= 0.3 is 5.97 Å². The van der Waals surface area contributed by atoms with E-state index >= 15 is 0 Å². The lowest BCUT2D eigenvalue weighted by molar-refractivity contribution is -0.162. The van der Waals surface area contributed by atoms with Gasteiger partial charge in [-0.05, 0) is 42.8 Å².